The SMILES string of the molecule is CCOC(=O)N1CC[C@]2(O)CCCC[C@@H]2[C@H]1c1ccc(OC)cc1. The predicted octanol–water partition coefficient (Wildman–Crippen LogP) is 3.52. The molecule has 2 fully saturated rings. The minimum atomic E-state index is -0.675. The molecule has 24 heavy (non-hydrogen) atoms. The first-order valence-electron chi connectivity index (χ1n) is 8.89. The summed E-state index contributed by atoms with van der Waals surface area (Å²) >= 11 is 0. The number of aliphatic hydroxyl groups is 1. The third-order valence-electron chi connectivity index (χ3n) is 5.53. The van der Waals surface area contributed by atoms with Crippen LogP contribution in [0.3, 0.4) is 0 Å². The number of hydrogen-bond acceptors (Lipinski definition) is 4. The molecule has 1 aromatic carbocycles. The number of nitrogens with zero attached hydrogens (tertiary/aromatic N) is 1. The van der Waals surface area contributed by atoms with E-state index in [4.69, 9.17) is 9.47 Å². The molecule has 0 spiro atoms. The Bertz CT molecular complexity index is 573. The Balaban J connectivity index is 1.96. The average Bonchev–Trinajstić information content (AvgIpc) is 2.60. The molecule has 2 aliphatic rings. The Morgan fingerprint density at radius 3 is 2.71 bits per heavy atom. The summed E-state index contributed by atoms with van der Waals surface area (Å²) in [5.74, 6) is 0.842. The second kappa shape index (κ2) is 7.01. The molecule has 3 rings (SSSR count). The molecule has 1 aliphatic carbocycles. The highest BCUT2D eigenvalue weighted by Gasteiger charge is 2.50. The van der Waals surface area contributed by atoms with Crippen LogP contribution in [0.4, 0.5) is 4.79 Å². The molecule has 3 atom stereocenters. The quantitative estimate of drug-likeness (QED) is 0.919. The number of methoxy groups -OCH3 is 1. The first kappa shape index (κ1) is 17.1. The average molecular weight is 333 g/mol. The summed E-state index contributed by atoms with van der Waals surface area (Å²) in [5.41, 5.74) is 0.361. The highest BCUT2D eigenvalue weighted by atomic mass is 16.6. The summed E-state index contributed by atoms with van der Waals surface area (Å²) < 4.78 is 10.5. The van der Waals surface area contributed by atoms with Crippen LogP contribution in [0.15, 0.2) is 24.3 Å². The molecule has 5 heteroatoms. The fourth-order valence-electron chi connectivity index (χ4n) is 4.31. The molecule has 1 amide bonds. The summed E-state index contributed by atoms with van der Waals surface area (Å²) in [5, 5.41) is 11.1. The number of ether oxygens (including phenoxy) is 2. The van der Waals surface area contributed by atoms with Gasteiger partial charge >= 0.3 is 6.09 Å². The van der Waals surface area contributed by atoms with Crippen LogP contribution in [0, 0.1) is 5.92 Å². The molecule has 0 aromatic heterocycles. The highest BCUT2D eigenvalue weighted by Crippen LogP contribution is 2.49. The van der Waals surface area contributed by atoms with Gasteiger partial charge in [-0.2, -0.15) is 0 Å². The van der Waals surface area contributed by atoms with Crippen molar-refractivity contribution in [1.29, 1.82) is 0 Å². The van der Waals surface area contributed by atoms with Gasteiger partial charge in [-0.05, 0) is 43.9 Å². The molecule has 1 aliphatic heterocycles. The van der Waals surface area contributed by atoms with Crippen molar-refractivity contribution in [2.75, 3.05) is 20.3 Å². The molecule has 1 saturated heterocycles. The third-order valence-corrected chi connectivity index (χ3v) is 5.53. The number of carbonyl (C=O) groups is 1. The lowest BCUT2D eigenvalue weighted by atomic mass is 9.66. The molecule has 0 unspecified atom stereocenters. The van der Waals surface area contributed by atoms with Crippen LogP contribution in [0.2, 0.25) is 0 Å². The monoisotopic (exact) mass is 333 g/mol. The van der Waals surface area contributed by atoms with Crippen molar-refractivity contribution in [1.82, 2.24) is 4.90 Å². The van der Waals surface area contributed by atoms with E-state index in [0.717, 1.165) is 37.0 Å². The van der Waals surface area contributed by atoms with Gasteiger partial charge in [0.05, 0.1) is 25.4 Å². The second-order valence-electron chi connectivity index (χ2n) is 6.82. The minimum Gasteiger partial charge on any atom is -0.497 e. The number of fused-ring (bicyclic) bond motifs is 1. The van der Waals surface area contributed by atoms with Gasteiger partial charge in [0.1, 0.15) is 5.75 Å². The van der Waals surface area contributed by atoms with E-state index in [1.807, 2.05) is 31.2 Å². The van der Waals surface area contributed by atoms with Crippen LogP contribution in [0.1, 0.15) is 50.6 Å². The lowest BCUT2D eigenvalue weighted by Gasteiger charge is -2.52. The molecule has 1 heterocycles. The zero-order valence-electron chi connectivity index (χ0n) is 14.5. The number of hydrogen-bond donors (Lipinski definition) is 1. The minimum absolute atomic E-state index is 0.0535. The van der Waals surface area contributed by atoms with Crippen LogP contribution in [0.5, 0.6) is 5.75 Å². The Labute approximate surface area is 143 Å². The number of rotatable bonds is 3. The molecule has 1 N–H and O–H groups in total. The van der Waals surface area contributed by atoms with E-state index in [9.17, 15) is 9.90 Å². The lowest BCUT2D eigenvalue weighted by Crippen LogP contribution is -2.56. The van der Waals surface area contributed by atoms with Gasteiger partial charge in [-0.25, -0.2) is 4.79 Å². The number of amides is 1. The van der Waals surface area contributed by atoms with Crippen LogP contribution in [-0.4, -0.2) is 42.0 Å². The Hall–Kier alpha value is -1.75. The van der Waals surface area contributed by atoms with Crippen molar-refractivity contribution < 1.29 is 19.4 Å². The van der Waals surface area contributed by atoms with E-state index in [-0.39, 0.29) is 18.1 Å². The van der Waals surface area contributed by atoms with Crippen LogP contribution < -0.4 is 4.74 Å². The summed E-state index contributed by atoms with van der Waals surface area (Å²) in [6.07, 6.45) is 4.25. The first-order chi connectivity index (χ1) is 11.6. The van der Waals surface area contributed by atoms with E-state index in [1.165, 1.54) is 0 Å². The van der Waals surface area contributed by atoms with E-state index < -0.39 is 5.60 Å². The number of piperidine rings is 1. The second-order valence-corrected chi connectivity index (χ2v) is 6.82. The summed E-state index contributed by atoms with van der Waals surface area (Å²) in [6, 6.07) is 7.67. The zero-order chi connectivity index (χ0) is 17.2. The van der Waals surface area contributed by atoms with Crippen molar-refractivity contribution in [2.45, 2.75) is 50.7 Å². The molecule has 0 bridgehead atoms. The predicted molar refractivity (Wildman–Crippen MR) is 91.0 cm³/mol. The molecule has 0 radical (unpaired) electrons. The maximum atomic E-state index is 12.5. The fourth-order valence-corrected chi connectivity index (χ4v) is 4.31. The lowest BCUT2D eigenvalue weighted by molar-refractivity contribution is -0.118. The smallest absolute Gasteiger partial charge is 0.410 e. The first-order valence-corrected chi connectivity index (χ1v) is 8.89. The number of benzene rings is 1. The van der Waals surface area contributed by atoms with Gasteiger partial charge in [-0.15, -0.1) is 0 Å². The summed E-state index contributed by atoms with van der Waals surface area (Å²) in [7, 11) is 1.64. The standard InChI is InChI=1S/C19H27NO4/c1-3-24-18(21)20-13-12-19(22)11-5-4-6-16(19)17(20)14-7-9-15(23-2)10-8-14/h7-10,16-17,22H,3-6,11-13H2,1-2H3/t16-,17-,19-/m1/s1. The molecule has 132 valence electrons. The van der Waals surface area contributed by atoms with E-state index in [1.54, 1.807) is 12.0 Å². The van der Waals surface area contributed by atoms with Crippen molar-refractivity contribution in [3.8, 4) is 5.75 Å². The van der Waals surface area contributed by atoms with E-state index in [0.29, 0.717) is 19.6 Å². The van der Waals surface area contributed by atoms with Crippen molar-refractivity contribution in [3.63, 3.8) is 0 Å². The zero-order valence-corrected chi connectivity index (χ0v) is 14.5. The van der Waals surface area contributed by atoms with Gasteiger partial charge in [-0.1, -0.05) is 25.0 Å². The van der Waals surface area contributed by atoms with Gasteiger partial charge in [-0.3, -0.25) is 0 Å². The van der Waals surface area contributed by atoms with Crippen molar-refractivity contribution in [2.24, 2.45) is 5.92 Å². The number of carbonyl (C=O) groups excluding carboxylic acids is 1. The van der Waals surface area contributed by atoms with Gasteiger partial charge in [0.2, 0.25) is 0 Å². The van der Waals surface area contributed by atoms with Crippen molar-refractivity contribution in [3.05, 3.63) is 29.8 Å². The summed E-state index contributed by atoms with van der Waals surface area (Å²) in [4.78, 5) is 14.3. The topological polar surface area (TPSA) is 59.0 Å². The van der Waals surface area contributed by atoms with Crippen LogP contribution >= 0.6 is 0 Å². The van der Waals surface area contributed by atoms with Crippen LogP contribution in [-0.2, 0) is 4.74 Å². The molecule has 5 nitrogen and oxygen atoms in total. The largest absolute Gasteiger partial charge is 0.497 e. The Morgan fingerprint density at radius 2 is 2.04 bits per heavy atom. The normalized spacial score (nSPS) is 29.7. The third kappa shape index (κ3) is 3.09. The van der Waals surface area contributed by atoms with Gasteiger partial charge in [0.15, 0.2) is 0 Å². The van der Waals surface area contributed by atoms with Gasteiger partial charge in [0.25, 0.3) is 0 Å². The Morgan fingerprint density at radius 1 is 1.29 bits per heavy atom. The van der Waals surface area contributed by atoms with Crippen molar-refractivity contribution >= 4 is 6.09 Å². The van der Waals surface area contributed by atoms with E-state index in [2.05, 4.69) is 0 Å². The maximum Gasteiger partial charge on any atom is 0.410 e. The van der Waals surface area contributed by atoms with Gasteiger partial charge < -0.3 is 19.5 Å². The molecular weight excluding hydrogens is 306 g/mol. The molecule has 1 saturated carbocycles. The number of likely N-dealkylation sites (tertiary alicyclic amines) is 1. The van der Waals surface area contributed by atoms with Crippen LogP contribution in [0.25, 0.3) is 0 Å². The Kier molecular flexibility index (Phi) is 4.99. The highest BCUT2D eigenvalue weighted by molar-refractivity contribution is 5.68. The van der Waals surface area contributed by atoms with E-state index >= 15 is 0 Å². The molecule has 1 aromatic rings. The van der Waals surface area contributed by atoms with Gasteiger partial charge in [0, 0.05) is 12.5 Å². The fraction of sp³-hybridized carbons (Fsp3) is 0.632. The molecular formula is C19H27NO4. The summed E-state index contributed by atoms with van der Waals surface area (Å²) in [6.45, 7) is 2.71. The maximum absolute atomic E-state index is 12.5.